The maximum absolute atomic E-state index is 12.9. The lowest BCUT2D eigenvalue weighted by Gasteiger charge is -2.11. The number of nitrogens with one attached hydrogen (secondary N) is 2. The highest BCUT2D eigenvalue weighted by molar-refractivity contribution is 9.10. The van der Waals surface area contributed by atoms with E-state index >= 15 is 0 Å². The van der Waals surface area contributed by atoms with Crippen LogP contribution in [0.5, 0.6) is 5.75 Å². The second-order valence-electron chi connectivity index (χ2n) is 8.23. The minimum absolute atomic E-state index is 0.0481. The van der Waals surface area contributed by atoms with Crippen molar-refractivity contribution in [1.29, 1.82) is 0 Å². The van der Waals surface area contributed by atoms with E-state index in [0.29, 0.717) is 22.4 Å². The van der Waals surface area contributed by atoms with Crippen molar-refractivity contribution in [3.05, 3.63) is 122 Å². The number of rotatable bonds is 11. The average Bonchev–Trinajstić information content (AvgIpc) is 2.93. The molecule has 11 nitrogen and oxygen atoms in total. The van der Waals surface area contributed by atoms with Crippen molar-refractivity contribution in [2.45, 2.75) is 11.5 Å². The number of halogens is 1. The molecule has 0 amide bonds. The van der Waals surface area contributed by atoms with Gasteiger partial charge in [-0.3, -0.25) is 20.3 Å². The van der Waals surface area contributed by atoms with Crippen molar-refractivity contribution >= 4 is 55.2 Å². The van der Waals surface area contributed by atoms with Crippen LogP contribution in [0.15, 0.2) is 105 Å². The molecule has 0 heterocycles. The topological polar surface area (TPSA) is 160 Å². The van der Waals surface area contributed by atoms with Crippen LogP contribution in [0.25, 0.3) is 0 Å². The van der Waals surface area contributed by atoms with Gasteiger partial charge in [0.1, 0.15) is 18.0 Å². The minimum atomic E-state index is -4.34. The molecule has 204 valence electrons. The van der Waals surface area contributed by atoms with E-state index in [2.05, 4.69) is 31.2 Å². The lowest BCUT2D eigenvalue weighted by Crippen LogP contribution is -2.16. The number of hydrazone groups is 1. The largest absolute Gasteiger partial charge is 0.488 e. The first kappa shape index (κ1) is 28.3. The van der Waals surface area contributed by atoms with Crippen LogP contribution in [0.4, 0.5) is 17.1 Å². The maximum atomic E-state index is 12.9. The number of sulfonamides is 1. The first-order valence-electron chi connectivity index (χ1n) is 11.5. The number of nitrogens with zero attached hydrogens (tertiary/aromatic N) is 2. The molecule has 0 saturated carbocycles. The van der Waals surface area contributed by atoms with Crippen LogP contribution in [0, 0.1) is 10.1 Å². The Morgan fingerprint density at radius 2 is 1.73 bits per heavy atom. The molecule has 0 aromatic heterocycles. The molecule has 0 spiro atoms. The van der Waals surface area contributed by atoms with E-state index in [0.717, 1.165) is 17.7 Å². The lowest BCUT2D eigenvalue weighted by atomic mass is 10.2. The van der Waals surface area contributed by atoms with Gasteiger partial charge in [-0.05, 0) is 69.5 Å². The van der Waals surface area contributed by atoms with Crippen LogP contribution >= 0.6 is 15.9 Å². The quantitative estimate of drug-likeness (QED) is 0.106. The summed E-state index contributed by atoms with van der Waals surface area (Å²) < 4.78 is 34.4. The number of anilines is 2. The highest BCUT2D eigenvalue weighted by atomic mass is 79.9. The molecule has 0 bridgehead atoms. The van der Waals surface area contributed by atoms with Crippen molar-refractivity contribution in [1.82, 2.24) is 0 Å². The van der Waals surface area contributed by atoms with Gasteiger partial charge in [0.05, 0.1) is 31.8 Å². The Labute approximate surface area is 237 Å². The summed E-state index contributed by atoms with van der Waals surface area (Å²) in [7, 11) is -4.34. The van der Waals surface area contributed by atoms with Crippen LogP contribution in [0.3, 0.4) is 0 Å². The lowest BCUT2D eigenvalue weighted by molar-refractivity contribution is -0.384. The molecule has 0 aliphatic heterocycles. The van der Waals surface area contributed by atoms with Gasteiger partial charge >= 0.3 is 5.97 Å². The molecule has 0 fully saturated rings. The van der Waals surface area contributed by atoms with Crippen molar-refractivity contribution < 1.29 is 28.0 Å². The Kier molecular flexibility index (Phi) is 8.76. The highest BCUT2D eigenvalue weighted by Gasteiger charge is 2.23. The van der Waals surface area contributed by atoms with Gasteiger partial charge in [0.2, 0.25) is 0 Å². The second kappa shape index (κ2) is 12.4. The number of carboxylic acids is 1. The zero-order valence-electron chi connectivity index (χ0n) is 20.5. The third kappa shape index (κ3) is 7.01. The standard InChI is InChI=1S/C27H21BrN4O7S/c28-22-14-19(10-13-26(22)39-17-18-6-2-1-3-7-18)16-29-30-24-12-11-20(15-25(24)32(35)36)40(37,38)31-23-9-5-4-8-21(23)27(33)34/h1-16,30-31H,17H2,(H,33,34)/b29-16+. The molecule has 4 aromatic carbocycles. The van der Waals surface area contributed by atoms with Crippen LogP contribution in [-0.4, -0.2) is 30.6 Å². The van der Waals surface area contributed by atoms with Gasteiger partial charge < -0.3 is 9.84 Å². The molecule has 0 unspecified atom stereocenters. The minimum Gasteiger partial charge on any atom is -0.488 e. The second-order valence-corrected chi connectivity index (χ2v) is 10.8. The number of aromatic carboxylic acids is 1. The number of nitro benzene ring substituents is 1. The molecular formula is C27H21BrN4O7S. The van der Waals surface area contributed by atoms with Crippen molar-refractivity contribution in [3.63, 3.8) is 0 Å². The maximum Gasteiger partial charge on any atom is 0.337 e. The van der Waals surface area contributed by atoms with Crippen molar-refractivity contribution in [3.8, 4) is 5.75 Å². The monoisotopic (exact) mass is 624 g/mol. The molecule has 0 aliphatic carbocycles. The molecule has 0 saturated heterocycles. The highest BCUT2D eigenvalue weighted by Crippen LogP contribution is 2.30. The Hall–Kier alpha value is -4.75. The number of carboxylic acid groups (broad SMARTS) is 1. The number of hydrogen-bond donors (Lipinski definition) is 3. The molecule has 40 heavy (non-hydrogen) atoms. The van der Waals surface area contributed by atoms with Gasteiger partial charge in [0.15, 0.2) is 0 Å². The zero-order valence-corrected chi connectivity index (χ0v) is 22.9. The molecule has 0 aliphatic rings. The van der Waals surface area contributed by atoms with Gasteiger partial charge in [0, 0.05) is 6.07 Å². The van der Waals surface area contributed by atoms with E-state index < -0.39 is 31.5 Å². The third-order valence-electron chi connectivity index (χ3n) is 5.47. The third-order valence-corrected chi connectivity index (χ3v) is 7.45. The summed E-state index contributed by atoms with van der Waals surface area (Å²) in [5.74, 6) is -0.705. The summed E-state index contributed by atoms with van der Waals surface area (Å²) in [6.45, 7) is 0.394. The molecule has 4 rings (SSSR count). The van der Waals surface area contributed by atoms with E-state index in [-0.39, 0.29) is 16.9 Å². The Morgan fingerprint density at radius 1 is 1.00 bits per heavy atom. The van der Waals surface area contributed by atoms with Crippen molar-refractivity contribution in [2.24, 2.45) is 5.10 Å². The summed E-state index contributed by atoms with van der Waals surface area (Å²) in [4.78, 5) is 21.9. The zero-order chi connectivity index (χ0) is 28.7. The van der Waals surface area contributed by atoms with Gasteiger partial charge in [-0.1, -0.05) is 42.5 Å². The summed E-state index contributed by atoms with van der Waals surface area (Å²) >= 11 is 3.46. The Bertz CT molecular complexity index is 1700. The van der Waals surface area contributed by atoms with Crippen LogP contribution in [-0.2, 0) is 16.6 Å². The number of ether oxygens (including phenoxy) is 1. The first-order valence-corrected chi connectivity index (χ1v) is 13.8. The molecule has 3 N–H and O–H groups in total. The number of benzene rings is 4. The van der Waals surface area contributed by atoms with Crippen LogP contribution in [0.2, 0.25) is 0 Å². The molecule has 0 atom stereocenters. The van der Waals surface area contributed by atoms with Crippen LogP contribution in [0.1, 0.15) is 21.5 Å². The number of para-hydroxylation sites is 1. The Morgan fingerprint density at radius 3 is 2.42 bits per heavy atom. The number of nitro groups is 1. The summed E-state index contributed by atoms with van der Waals surface area (Å²) in [5, 5.41) is 25.0. The van der Waals surface area contributed by atoms with Crippen molar-refractivity contribution in [2.75, 3.05) is 10.1 Å². The summed E-state index contributed by atoms with van der Waals surface area (Å²) in [6, 6.07) is 23.6. The van der Waals surface area contributed by atoms with Gasteiger partial charge in [-0.15, -0.1) is 0 Å². The van der Waals surface area contributed by atoms with E-state index in [1.54, 1.807) is 18.2 Å². The molecule has 13 heteroatoms. The fourth-order valence-electron chi connectivity index (χ4n) is 3.51. The first-order chi connectivity index (χ1) is 19.1. The fourth-order valence-corrected chi connectivity index (χ4v) is 5.12. The van der Waals surface area contributed by atoms with Crippen LogP contribution < -0.4 is 14.9 Å². The van der Waals surface area contributed by atoms with E-state index in [9.17, 15) is 28.4 Å². The molecule has 4 aromatic rings. The summed E-state index contributed by atoms with van der Waals surface area (Å²) in [5.41, 5.74) is 3.21. The average molecular weight is 625 g/mol. The Balaban J connectivity index is 1.47. The fraction of sp³-hybridized carbons (Fsp3) is 0.0370. The molecule has 0 radical (unpaired) electrons. The number of carbonyl (C=O) groups is 1. The predicted octanol–water partition coefficient (Wildman–Crippen LogP) is 5.88. The smallest absolute Gasteiger partial charge is 0.337 e. The number of hydrogen-bond acceptors (Lipinski definition) is 8. The SMILES string of the molecule is O=C(O)c1ccccc1NS(=O)(=O)c1ccc(N/N=C/c2ccc(OCc3ccccc3)c(Br)c2)c([N+](=O)[O-])c1. The summed E-state index contributed by atoms with van der Waals surface area (Å²) in [6.07, 6.45) is 1.44. The normalized spacial score (nSPS) is 11.2. The van der Waals surface area contributed by atoms with Gasteiger partial charge in [-0.2, -0.15) is 5.10 Å². The van der Waals surface area contributed by atoms with E-state index in [4.69, 9.17) is 4.74 Å². The predicted molar refractivity (Wildman–Crippen MR) is 153 cm³/mol. The van der Waals surface area contributed by atoms with E-state index in [1.165, 1.54) is 36.5 Å². The molecular weight excluding hydrogens is 604 g/mol. The van der Waals surface area contributed by atoms with E-state index in [1.807, 2.05) is 30.3 Å². The van der Waals surface area contributed by atoms with Gasteiger partial charge in [0.25, 0.3) is 15.7 Å². The van der Waals surface area contributed by atoms with Gasteiger partial charge in [-0.25, -0.2) is 13.2 Å².